The highest BCUT2D eigenvalue weighted by atomic mass is 35.5. The maximum Gasteiger partial charge on any atom is 0.129 e. The molecule has 0 bridgehead atoms. The van der Waals surface area contributed by atoms with E-state index in [9.17, 15) is 4.39 Å². The minimum atomic E-state index is -0.322. The van der Waals surface area contributed by atoms with Crippen molar-refractivity contribution in [1.29, 1.82) is 0 Å². The SMILES string of the molecule is CCC(Cl)c1cnn(Cc2c(F)cccc2Cl)c1. The average Bonchev–Trinajstić information content (AvgIpc) is 2.81. The van der Waals surface area contributed by atoms with Crippen molar-refractivity contribution in [2.75, 3.05) is 0 Å². The predicted molar refractivity (Wildman–Crippen MR) is 71.6 cm³/mol. The molecule has 0 aliphatic carbocycles. The normalized spacial score (nSPS) is 12.7. The molecule has 1 aromatic heterocycles. The molecule has 0 amide bonds. The van der Waals surface area contributed by atoms with Crippen LogP contribution in [0, 0.1) is 5.82 Å². The highest BCUT2D eigenvalue weighted by molar-refractivity contribution is 6.31. The summed E-state index contributed by atoms with van der Waals surface area (Å²) in [6, 6.07) is 4.64. The van der Waals surface area contributed by atoms with Gasteiger partial charge < -0.3 is 0 Å². The van der Waals surface area contributed by atoms with Gasteiger partial charge in [0.2, 0.25) is 0 Å². The number of rotatable bonds is 4. The first-order chi connectivity index (χ1) is 8.61. The lowest BCUT2D eigenvalue weighted by Crippen LogP contribution is -2.03. The second kappa shape index (κ2) is 5.72. The maximum atomic E-state index is 13.6. The van der Waals surface area contributed by atoms with Gasteiger partial charge in [-0.2, -0.15) is 5.10 Å². The lowest BCUT2D eigenvalue weighted by Gasteiger charge is -2.06. The third-order valence-corrected chi connectivity index (χ3v) is 3.67. The fourth-order valence-electron chi connectivity index (χ4n) is 1.71. The van der Waals surface area contributed by atoms with E-state index in [2.05, 4.69) is 5.10 Å². The van der Waals surface area contributed by atoms with E-state index in [0.717, 1.165) is 12.0 Å². The fourth-order valence-corrected chi connectivity index (χ4v) is 2.04. The zero-order valence-electron chi connectivity index (χ0n) is 9.91. The zero-order valence-corrected chi connectivity index (χ0v) is 11.4. The minimum Gasteiger partial charge on any atom is -0.268 e. The van der Waals surface area contributed by atoms with Gasteiger partial charge in [-0.3, -0.25) is 4.68 Å². The molecule has 0 radical (unpaired) electrons. The summed E-state index contributed by atoms with van der Waals surface area (Å²) < 4.78 is 15.3. The first-order valence-corrected chi connectivity index (χ1v) is 6.52. The van der Waals surface area contributed by atoms with Gasteiger partial charge in [-0.05, 0) is 18.6 Å². The molecule has 2 aromatic rings. The molecule has 96 valence electrons. The lowest BCUT2D eigenvalue weighted by atomic mass is 10.2. The van der Waals surface area contributed by atoms with Gasteiger partial charge in [0.05, 0.1) is 18.1 Å². The summed E-state index contributed by atoms with van der Waals surface area (Å²) in [6.07, 6.45) is 4.35. The van der Waals surface area contributed by atoms with Crippen molar-refractivity contribution in [3.05, 3.63) is 52.6 Å². The summed E-state index contributed by atoms with van der Waals surface area (Å²) >= 11 is 12.1. The third kappa shape index (κ3) is 2.85. The van der Waals surface area contributed by atoms with Crippen LogP contribution in [0.15, 0.2) is 30.6 Å². The highest BCUT2D eigenvalue weighted by Crippen LogP contribution is 2.24. The summed E-state index contributed by atoms with van der Waals surface area (Å²) in [5.41, 5.74) is 1.38. The Morgan fingerprint density at radius 1 is 1.44 bits per heavy atom. The zero-order chi connectivity index (χ0) is 13.1. The number of hydrogen-bond acceptors (Lipinski definition) is 1. The predicted octanol–water partition coefficient (Wildman–Crippen LogP) is 4.41. The number of halogens is 3. The molecule has 1 unspecified atom stereocenters. The van der Waals surface area contributed by atoms with Crippen molar-refractivity contribution < 1.29 is 4.39 Å². The van der Waals surface area contributed by atoms with E-state index >= 15 is 0 Å². The van der Waals surface area contributed by atoms with Crippen LogP contribution >= 0.6 is 23.2 Å². The van der Waals surface area contributed by atoms with Crippen LogP contribution in [0.3, 0.4) is 0 Å². The smallest absolute Gasteiger partial charge is 0.129 e. The van der Waals surface area contributed by atoms with Crippen molar-refractivity contribution in [3.63, 3.8) is 0 Å². The average molecular weight is 287 g/mol. The second-order valence-electron chi connectivity index (χ2n) is 4.05. The van der Waals surface area contributed by atoms with Crippen LogP contribution in [-0.2, 0) is 6.54 Å². The maximum absolute atomic E-state index is 13.6. The van der Waals surface area contributed by atoms with Crippen molar-refractivity contribution in [2.45, 2.75) is 25.3 Å². The fraction of sp³-hybridized carbons (Fsp3) is 0.308. The van der Waals surface area contributed by atoms with Crippen molar-refractivity contribution >= 4 is 23.2 Å². The number of alkyl halides is 1. The Kier molecular flexibility index (Phi) is 4.25. The molecule has 0 aliphatic rings. The Hall–Kier alpha value is -1.06. The van der Waals surface area contributed by atoms with Gasteiger partial charge in [0.25, 0.3) is 0 Å². The van der Waals surface area contributed by atoms with Crippen LogP contribution in [0.2, 0.25) is 5.02 Å². The van der Waals surface area contributed by atoms with Crippen LogP contribution in [-0.4, -0.2) is 9.78 Å². The molecule has 1 aromatic carbocycles. The van der Waals surface area contributed by atoms with Crippen LogP contribution in [0.1, 0.15) is 29.8 Å². The summed E-state index contributed by atoms with van der Waals surface area (Å²) in [5.74, 6) is -0.322. The largest absolute Gasteiger partial charge is 0.268 e. The van der Waals surface area contributed by atoms with Crippen LogP contribution in [0.5, 0.6) is 0 Å². The number of benzene rings is 1. The molecule has 0 N–H and O–H groups in total. The van der Waals surface area contributed by atoms with Crippen molar-refractivity contribution in [3.8, 4) is 0 Å². The molecule has 1 heterocycles. The van der Waals surface area contributed by atoms with Gasteiger partial charge in [-0.25, -0.2) is 4.39 Å². The standard InChI is InChI=1S/C13H13Cl2FN2/c1-2-11(14)9-6-17-18(7-9)8-10-12(15)4-3-5-13(10)16/h3-7,11H,2,8H2,1H3. The number of hydrogen-bond donors (Lipinski definition) is 0. The van der Waals surface area contributed by atoms with E-state index in [0.29, 0.717) is 17.1 Å². The Morgan fingerprint density at radius 3 is 2.89 bits per heavy atom. The summed E-state index contributed by atoms with van der Waals surface area (Å²) in [7, 11) is 0. The molecule has 1 atom stereocenters. The Labute approximate surface area is 115 Å². The second-order valence-corrected chi connectivity index (χ2v) is 4.98. The van der Waals surface area contributed by atoms with Gasteiger partial charge in [-0.15, -0.1) is 11.6 Å². The van der Waals surface area contributed by atoms with Gasteiger partial charge in [0, 0.05) is 22.3 Å². The monoisotopic (exact) mass is 286 g/mol. The molecule has 0 saturated heterocycles. The lowest BCUT2D eigenvalue weighted by molar-refractivity contribution is 0.585. The van der Waals surface area contributed by atoms with E-state index < -0.39 is 0 Å². The van der Waals surface area contributed by atoms with E-state index in [-0.39, 0.29) is 11.2 Å². The topological polar surface area (TPSA) is 17.8 Å². The third-order valence-electron chi connectivity index (χ3n) is 2.76. The minimum absolute atomic E-state index is 0.0603. The number of nitrogens with zero attached hydrogens (tertiary/aromatic N) is 2. The van der Waals surface area contributed by atoms with Crippen LogP contribution in [0.25, 0.3) is 0 Å². The van der Waals surface area contributed by atoms with Crippen molar-refractivity contribution in [2.24, 2.45) is 0 Å². The molecular weight excluding hydrogens is 274 g/mol. The Morgan fingerprint density at radius 2 is 2.22 bits per heavy atom. The van der Waals surface area contributed by atoms with Crippen LogP contribution in [0.4, 0.5) is 4.39 Å². The Bertz CT molecular complexity index is 519. The van der Waals surface area contributed by atoms with E-state index in [1.54, 1.807) is 23.0 Å². The molecule has 2 nitrogen and oxygen atoms in total. The van der Waals surface area contributed by atoms with E-state index in [1.807, 2.05) is 13.1 Å². The Balaban J connectivity index is 2.21. The van der Waals surface area contributed by atoms with E-state index in [1.165, 1.54) is 6.07 Å². The van der Waals surface area contributed by atoms with Gasteiger partial charge in [0.1, 0.15) is 5.82 Å². The summed E-state index contributed by atoms with van der Waals surface area (Å²) in [6.45, 7) is 2.31. The highest BCUT2D eigenvalue weighted by Gasteiger charge is 2.11. The first kappa shape index (κ1) is 13.4. The summed E-state index contributed by atoms with van der Waals surface area (Å²) in [4.78, 5) is 0. The van der Waals surface area contributed by atoms with Crippen molar-refractivity contribution in [1.82, 2.24) is 9.78 Å². The molecule has 0 aliphatic heterocycles. The molecular formula is C13H13Cl2FN2. The molecule has 18 heavy (non-hydrogen) atoms. The molecule has 5 heteroatoms. The van der Waals surface area contributed by atoms with Crippen LogP contribution < -0.4 is 0 Å². The number of aromatic nitrogens is 2. The summed E-state index contributed by atoms with van der Waals surface area (Å²) in [5, 5.41) is 4.52. The van der Waals surface area contributed by atoms with E-state index in [4.69, 9.17) is 23.2 Å². The molecule has 0 spiro atoms. The molecule has 0 saturated carbocycles. The first-order valence-electron chi connectivity index (χ1n) is 5.71. The van der Waals surface area contributed by atoms with Gasteiger partial charge >= 0.3 is 0 Å². The van der Waals surface area contributed by atoms with Gasteiger partial charge in [-0.1, -0.05) is 24.6 Å². The molecule has 0 fully saturated rings. The quantitative estimate of drug-likeness (QED) is 0.761. The molecule has 2 rings (SSSR count). The van der Waals surface area contributed by atoms with Gasteiger partial charge in [0.15, 0.2) is 0 Å².